The summed E-state index contributed by atoms with van der Waals surface area (Å²) in [5.41, 5.74) is 2.45. The Labute approximate surface area is 153 Å². The Morgan fingerprint density at radius 2 is 2.00 bits per heavy atom. The zero-order valence-electron chi connectivity index (χ0n) is 14.9. The summed E-state index contributed by atoms with van der Waals surface area (Å²) in [4.78, 5) is 26.1. The minimum absolute atomic E-state index is 0.109. The van der Waals surface area contributed by atoms with Crippen LogP contribution in [0.4, 0.5) is 4.79 Å². The van der Waals surface area contributed by atoms with E-state index < -0.39 is 0 Å². The Morgan fingerprint density at radius 1 is 1.28 bits per heavy atom. The zero-order valence-corrected chi connectivity index (χ0v) is 15.7. The zero-order chi connectivity index (χ0) is 17.8. The van der Waals surface area contributed by atoms with E-state index in [-0.39, 0.29) is 23.3 Å². The van der Waals surface area contributed by atoms with Crippen LogP contribution < -0.4 is 5.32 Å². The van der Waals surface area contributed by atoms with Crippen molar-refractivity contribution < 1.29 is 14.3 Å². The number of amides is 2. The molecule has 0 aliphatic carbocycles. The van der Waals surface area contributed by atoms with Crippen LogP contribution in [0.5, 0.6) is 0 Å². The number of carbonyl (C=O) groups is 2. The van der Waals surface area contributed by atoms with E-state index in [0.29, 0.717) is 19.0 Å². The molecule has 2 unspecified atom stereocenters. The third-order valence-corrected chi connectivity index (χ3v) is 6.52. The lowest BCUT2D eigenvalue weighted by molar-refractivity contribution is -0.121. The molecular weight excluding hydrogens is 336 g/mol. The molecular formula is C19H26N2O3S. The molecule has 0 aromatic heterocycles. The number of rotatable bonds is 3. The number of hydrogen-bond acceptors (Lipinski definition) is 4. The summed E-state index contributed by atoms with van der Waals surface area (Å²) in [6.07, 6.45) is 2.56. The molecule has 1 saturated heterocycles. The summed E-state index contributed by atoms with van der Waals surface area (Å²) >= 11 is 1.73. The third-order valence-electron chi connectivity index (χ3n) is 5.28. The van der Waals surface area contributed by atoms with Crippen molar-refractivity contribution in [3.8, 4) is 0 Å². The normalized spacial score (nSPS) is 22.0. The van der Waals surface area contributed by atoms with Gasteiger partial charge in [0.1, 0.15) is 5.25 Å². The average molecular weight is 362 g/mol. The van der Waals surface area contributed by atoms with E-state index in [9.17, 15) is 9.59 Å². The first-order chi connectivity index (χ1) is 12.1. The lowest BCUT2D eigenvalue weighted by atomic mass is 9.90. The Morgan fingerprint density at radius 3 is 2.72 bits per heavy atom. The first-order valence-corrected chi connectivity index (χ1v) is 9.97. The van der Waals surface area contributed by atoms with E-state index in [1.165, 1.54) is 12.7 Å². The molecule has 2 atom stereocenters. The van der Waals surface area contributed by atoms with Gasteiger partial charge in [-0.05, 0) is 49.0 Å². The number of piperidine rings is 1. The van der Waals surface area contributed by atoms with Crippen LogP contribution in [0, 0.1) is 5.92 Å². The molecule has 2 aliphatic heterocycles. The van der Waals surface area contributed by atoms with Crippen molar-refractivity contribution in [3.63, 3.8) is 0 Å². The number of benzene rings is 1. The number of hydrogen-bond donors (Lipinski definition) is 1. The maximum absolute atomic E-state index is 12.8. The number of nitrogens with zero attached hydrogens (tertiary/aromatic N) is 1. The molecule has 1 aromatic rings. The summed E-state index contributed by atoms with van der Waals surface area (Å²) in [7, 11) is 1.41. The van der Waals surface area contributed by atoms with E-state index in [2.05, 4.69) is 24.4 Å². The van der Waals surface area contributed by atoms with Gasteiger partial charge in [0.15, 0.2) is 0 Å². The van der Waals surface area contributed by atoms with Crippen molar-refractivity contribution >= 4 is 23.8 Å². The highest BCUT2D eigenvalue weighted by Crippen LogP contribution is 2.37. The van der Waals surface area contributed by atoms with E-state index in [1.807, 2.05) is 12.1 Å². The van der Waals surface area contributed by atoms with Gasteiger partial charge in [0.05, 0.1) is 7.11 Å². The van der Waals surface area contributed by atoms with Crippen molar-refractivity contribution in [2.24, 2.45) is 5.92 Å². The highest BCUT2D eigenvalue weighted by molar-refractivity contribution is 8.00. The van der Waals surface area contributed by atoms with Gasteiger partial charge in [0.25, 0.3) is 0 Å². The predicted octanol–water partition coefficient (Wildman–Crippen LogP) is 3.00. The molecule has 6 heteroatoms. The number of likely N-dealkylation sites (tertiary alicyclic amines) is 1. The standard InChI is InChI=1S/C19H26N2O3S/c1-13(14-7-10-21(11-8-14)19(23)24-2)20-18(22)17-16-6-4-3-5-15(16)9-12-25-17/h3-6,13-14,17H,7-12H2,1-2H3,(H,20,22). The van der Waals surface area contributed by atoms with Crippen LogP contribution in [-0.2, 0) is 16.0 Å². The Balaban J connectivity index is 1.56. The average Bonchev–Trinajstić information content (AvgIpc) is 2.66. The van der Waals surface area contributed by atoms with Crippen molar-refractivity contribution in [2.45, 2.75) is 37.5 Å². The third kappa shape index (κ3) is 4.11. The number of thioether (sulfide) groups is 1. The summed E-state index contributed by atoms with van der Waals surface area (Å²) < 4.78 is 4.78. The molecule has 1 N–H and O–H groups in total. The lowest BCUT2D eigenvalue weighted by Crippen LogP contribution is -2.46. The molecule has 1 aromatic carbocycles. The van der Waals surface area contributed by atoms with Gasteiger partial charge in [0.2, 0.25) is 5.91 Å². The number of ether oxygens (including phenoxy) is 1. The number of aryl methyl sites for hydroxylation is 1. The van der Waals surface area contributed by atoms with E-state index in [4.69, 9.17) is 4.74 Å². The van der Waals surface area contributed by atoms with Crippen molar-refractivity contribution in [3.05, 3.63) is 35.4 Å². The van der Waals surface area contributed by atoms with Gasteiger partial charge >= 0.3 is 6.09 Å². The van der Waals surface area contributed by atoms with Crippen molar-refractivity contribution in [2.75, 3.05) is 26.0 Å². The molecule has 1 fully saturated rings. The Kier molecular flexibility index (Phi) is 5.89. The Hall–Kier alpha value is -1.69. The summed E-state index contributed by atoms with van der Waals surface area (Å²) in [5.74, 6) is 1.50. The predicted molar refractivity (Wildman–Crippen MR) is 99.7 cm³/mol. The van der Waals surface area contributed by atoms with Crippen LogP contribution in [-0.4, -0.2) is 48.9 Å². The number of fused-ring (bicyclic) bond motifs is 1. The van der Waals surface area contributed by atoms with E-state index in [0.717, 1.165) is 30.6 Å². The highest BCUT2D eigenvalue weighted by atomic mass is 32.2. The van der Waals surface area contributed by atoms with Gasteiger partial charge in [-0.2, -0.15) is 0 Å². The lowest BCUT2D eigenvalue weighted by Gasteiger charge is -2.35. The molecule has 0 spiro atoms. The van der Waals surface area contributed by atoms with Crippen molar-refractivity contribution in [1.29, 1.82) is 0 Å². The molecule has 0 radical (unpaired) electrons. The largest absolute Gasteiger partial charge is 0.453 e. The molecule has 5 nitrogen and oxygen atoms in total. The summed E-state index contributed by atoms with van der Waals surface area (Å²) in [6, 6.07) is 8.37. The maximum atomic E-state index is 12.8. The second-order valence-corrected chi connectivity index (χ2v) is 8.00. The molecule has 136 valence electrons. The van der Waals surface area contributed by atoms with Crippen LogP contribution in [0.1, 0.15) is 36.1 Å². The van der Waals surface area contributed by atoms with Crippen LogP contribution >= 0.6 is 11.8 Å². The SMILES string of the molecule is COC(=O)N1CCC(C(C)NC(=O)C2SCCc3ccccc32)CC1. The molecule has 3 rings (SSSR count). The summed E-state index contributed by atoms with van der Waals surface area (Å²) in [5, 5.41) is 3.12. The number of methoxy groups -OCH3 is 1. The quantitative estimate of drug-likeness (QED) is 0.898. The monoisotopic (exact) mass is 362 g/mol. The maximum Gasteiger partial charge on any atom is 0.409 e. The topological polar surface area (TPSA) is 58.6 Å². The van der Waals surface area contributed by atoms with E-state index in [1.54, 1.807) is 16.7 Å². The Bertz CT molecular complexity index is 629. The van der Waals surface area contributed by atoms with Crippen LogP contribution in [0.2, 0.25) is 0 Å². The molecule has 2 heterocycles. The number of nitrogens with one attached hydrogen (secondary N) is 1. The molecule has 25 heavy (non-hydrogen) atoms. The summed E-state index contributed by atoms with van der Waals surface area (Å²) in [6.45, 7) is 3.47. The second-order valence-electron chi connectivity index (χ2n) is 6.79. The molecule has 2 amide bonds. The smallest absolute Gasteiger partial charge is 0.409 e. The minimum atomic E-state index is -0.259. The first-order valence-electron chi connectivity index (χ1n) is 8.93. The van der Waals surface area contributed by atoms with Crippen LogP contribution in [0.3, 0.4) is 0 Å². The first kappa shape index (κ1) is 18.1. The van der Waals surface area contributed by atoms with Gasteiger partial charge < -0.3 is 15.0 Å². The van der Waals surface area contributed by atoms with Gasteiger partial charge in [-0.25, -0.2) is 4.79 Å². The highest BCUT2D eigenvalue weighted by Gasteiger charge is 2.31. The molecule has 0 saturated carbocycles. The van der Waals surface area contributed by atoms with Gasteiger partial charge in [0, 0.05) is 19.1 Å². The van der Waals surface area contributed by atoms with Crippen LogP contribution in [0.25, 0.3) is 0 Å². The van der Waals surface area contributed by atoms with Gasteiger partial charge in [-0.15, -0.1) is 11.8 Å². The molecule has 0 bridgehead atoms. The second kappa shape index (κ2) is 8.13. The van der Waals surface area contributed by atoms with Gasteiger partial charge in [-0.3, -0.25) is 4.79 Å². The van der Waals surface area contributed by atoms with Crippen LogP contribution in [0.15, 0.2) is 24.3 Å². The minimum Gasteiger partial charge on any atom is -0.453 e. The fourth-order valence-corrected chi connectivity index (χ4v) is 4.94. The van der Waals surface area contributed by atoms with Gasteiger partial charge in [-0.1, -0.05) is 24.3 Å². The van der Waals surface area contributed by atoms with E-state index >= 15 is 0 Å². The molecule has 2 aliphatic rings. The fourth-order valence-electron chi connectivity index (χ4n) is 3.74. The number of carbonyl (C=O) groups excluding carboxylic acids is 2. The van der Waals surface area contributed by atoms with Crippen molar-refractivity contribution in [1.82, 2.24) is 10.2 Å². The fraction of sp³-hybridized carbons (Fsp3) is 0.579.